The molecular formula is C18H22INO4. The molecule has 0 radical (unpaired) electrons. The SMILES string of the molecule is COc1cccc(I)c1N(C)C(=O)CC1=CCC2(CC1)OCCO2. The van der Waals surface area contributed by atoms with Gasteiger partial charge < -0.3 is 19.1 Å². The molecule has 0 atom stereocenters. The molecule has 1 spiro atoms. The average molecular weight is 443 g/mol. The molecule has 1 aliphatic carbocycles. The smallest absolute Gasteiger partial charge is 0.230 e. The fraction of sp³-hybridized carbons (Fsp3) is 0.500. The molecule has 1 aromatic rings. The summed E-state index contributed by atoms with van der Waals surface area (Å²) in [6.45, 7) is 1.33. The molecule has 24 heavy (non-hydrogen) atoms. The van der Waals surface area contributed by atoms with E-state index in [0.717, 1.165) is 34.1 Å². The molecule has 5 nitrogen and oxygen atoms in total. The van der Waals surface area contributed by atoms with Gasteiger partial charge in [0.1, 0.15) is 5.75 Å². The van der Waals surface area contributed by atoms with Gasteiger partial charge in [-0.05, 0) is 41.1 Å². The van der Waals surface area contributed by atoms with Crippen LogP contribution in [-0.2, 0) is 14.3 Å². The van der Waals surface area contributed by atoms with Crippen LogP contribution in [0, 0.1) is 3.57 Å². The second-order valence-corrected chi connectivity index (χ2v) is 7.26. The van der Waals surface area contributed by atoms with Crippen LogP contribution in [-0.4, -0.2) is 39.1 Å². The first-order valence-corrected chi connectivity index (χ1v) is 9.17. The highest BCUT2D eigenvalue weighted by Gasteiger charge is 2.37. The zero-order valence-electron chi connectivity index (χ0n) is 14.0. The minimum Gasteiger partial charge on any atom is -0.495 e. The van der Waals surface area contributed by atoms with E-state index < -0.39 is 5.79 Å². The molecule has 1 amide bonds. The minimum absolute atomic E-state index is 0.0628. The molecule has 1 aromatic carbocycles. The summed E-state index contributed by atoms with van der Waals surface area (Å²) >= 11 is 2.23. The maximum absolute atomic E-state index is 12.7. The highest BCUT2D eigenvalue weighted by Crippen LogP contribution is 2.37. The van der Waals surface area contributed by atoms with Gasteiger partial charge in [0.05, 0.1) is 26.0 Å². The molecule has 0 saturated carbocycles. The van der Waals surface area contributed by atoms with Gasteiger partial charge in [-0.3, -0.25) is 4.79 Å². The normalized spacial score (nSPS) is 19.2. The number of amides is 1. The van der Waals surface area contributed by atoms with Crippen LogP contribution in [0.3, 0.4) is 0 Å². The van der Waals surface area contributed by atoms with Crippen molar-refractivity contribution in [3.8, 4) is 5.75 Å². The number of nitrogens with zero attached hydrogens (tertiary/aromatic N) is 1. The van der Waals surface area contributed by atoms with Crippen LogP contribution in [0.25, 0.3) is 0 Å². The minimum atomic E-state index is -0.434. The first kappa shape index (κ1) is 17.7. The lowest BCUT2D eigenvalue weighted by atomic mass is 9.92. The Labute approximate surface area is 156 Å². The fourth-order valence-electron chi connectivity index (χ4n) is 3.20. The maximum Gasteiger partial charge on any atom is 0.230 e. The Kier molecular flexibility index (Phi) is 5.46. The number of benzene rings is 1. The van der Waals surface area contributed by atoms with E-state index in [-0.39, 0.29) is 5.91 Å². The van der Waals surface area contributed by atoms with Gasteiger partial charge in [-0.1, -0.05) is 17.7 Å². The largest absolute Gasteiger partial charge is 0.495 e. The zero-order chi connectivity index (χ0) is 17.2. The lowest BCUT2D eigenvalue weighted by Gasteiger charge is -2.31. The van der Waals surface area contributed by atoms with Crippen LogP contribution in [0.1, 0.15) is 25.7 Å². The van der Waals surface area contributed by atoms with E-state index in [4.69, 9.17) is 14.2 Å². The van der Waals surface area contributed by atoms with Crippen molar-refractivity contribution >= 4 is 34.2 Å². The topological polar surface area (TPSA) is 48.0 Å². The van der Waals surface area contributed by atoms with Gasteiger partial charge in [-0.2, -0.15) is 0 Å². The number of hydrogen-bond donors (Lipinski definition) is 0. The molecule has 1 heterocycles. The standard InChI is InChI=1S/C18H22INO4/c1-20(17-14(19)4-3-5-15(17)22-2)16(21)12-13-6-8-18(9-7-13)23-10-11-24-18/h3-6H,7-12H2,1-2H3. The fourth-order valence-corrected chi connectivity index (χ4v) is 4.03. The van der Waals surface area contributed by atoms with Crippen LogP contribution in [0.2, 0.25) is 0 Å². The van der Waals surface area contributed by atoms with Gasteiger partial charge in [0.25, 0.3) is 0 Å². The van der Waals surface area contributed by atoms with Gasteiger partial charge in [-0.25, -0.2) is 0 Å². The van der Waals surface area contributed by atoms with Crippen molar-refractivity contribution < 1.29 is 19.0 Å². The highest BCUT2D eigenvalue weighted by molar-refractivity contribution is 14.1. The van der Waals surface area contributed by atoms with Gasteiger partial charge >= 0.3 is 0 Å². The molecule has 0 N–H and O–H groups in total. The number of para-hydroxylation sites is 1. The predicted octanol–water partition coefficient (Wildman–Crippen LogP) is 3.51. The van der Waals surface area contributed by atoms with Crippen molar-refractivity contribution in [3.63, 3.8) is 0 Å². The third-order valence-corrected chi connectivity index (χ3v) is 5.47. The Balaban J connectivity index is 1.68. The van der Waals surface area contributed by atoms with E-state index >= 15 is 0 Å². The summed E-state index contributed by atoms with van der Waals surface area (Å²) in [5.41, 5.74) is 1.97. The summed E-state index contributed by atoms with van der Waals surface area (Å²) in [6, 6.07) is 5.77. The van der Waals surface area contributed by atoms with E-state index in [1.54, 1.807) is 19.1 Å². The Morgan fingerprint density at radius 3 is 2.75 bits per heavy atom. The lowest BCUT2D eigenvalue weighted by Crippen LogP contribution is -2.33. The van der Waals surface area contributed by atoms with E-state index in [1.165, 1.54) is 0 Å². The Morgan fingerprint density at radius 2 is 2.12 bits per heavy atom. The van der Waals surface area contributed by atoms with Crippen molar-refractivity contribution in [2.24, 2.45) is 0 Å². The van der Waals surface area contributed by atoms with Crippen LogP contribution in [0.15, 0.2) is 29.8 Å². The first-order valence-electron chi connectivity index (χ1n) is 8.09. The number of carbonyl (C=O) groups excluding carboxylic acids is 1. The van der Waals surface area contributed by atoms with Crippen molar-refractivity contribution in [2.75, 3.05) is 32.3 Å². The second kappa shape index (κ2) is 7.41. The van der Waals surface area contributed by atoms with E-state index in [2.05, 4.69) is 28.7 Å². The highest BCUT2D eigenvalue weighted by atomic mass is 127. The monoisotopic (exact) mass is 443 g/mol. The molecule has 0 bridgehead atoms. The molecule has 1 fully saturated rings. The summed E-state index contributed by atoms with van der Waals surface area (Å²) in [5.74, 6) is 0.339. The maximum atomic E-state index is 12.7. The summed E-state index contributed by atoms with van der Waals surface area (Å²) < 4.78 is 17.8. The van der Waals surface area contributed by atoms with E-state index in [1.807, 2.05) is 18.2 Å². The van der Waals surface area contributed by atoms with Crippen molar-refractivity contribution in [1.29, 1.82) is 0 Å². The number of methoxy groups -OCH3 is 1. The summed E-state index contributed by atoms with van der Waals surface area (Å²) in [7, 11) is 3.42. The van der Waals surface area contributed by atoms with Gasteiger partial charge in [0.15, 0.2) is 5.79 Å². The van der Waals surface area contributed by atoms with Gasteiger partial charge in [0, 0.05) is 29.9 Å². The van der Waals surface area contributed by atoms with Crippen LogP contribution >= 0.6 is 22.6 Å². The van der Waals surface area contributed by atoms with Crippen LogP contribution in [0.4, 0.5) is 5.69 Å². The molecule has 1 saturated heterocycles. The van der Waals surface area contributed by atoms with E-state index in [0.29, 0.717) is 25.4 Å². The van der Waals surface area contributed by atoms with Gasteiger partial charge in [0.2, 0.25) is 5.91 Å². The molecule has 3 rings (SSSR count). The van der Waals surface area contributed by atoms with Crippen LogP contribution < -0.4 is 9.64 Å². The Morgan fingerprint density at radius 1 is 1.38 bits per heavy atom. The summed E-state index contributed by atoms with van der Waals surface area (Å²) in [5, 5.41) is 0. The first-order chi connectivity index (χ1) is 11.5. The van der Waals surface area contributed by atoms with E-state index in [9.17, 15) is 4.79 Å². The summed E-state index contributed by atoms with van der Waals surface area (Å²) in [6.07, 6.45) is 4.91. The molecule has 1 aliphatic heterocycles. The van der Waals surface area contributed by atoms with Crippen molar-refractivity contribution in [1.82, 2.24) is 0 Å². The predicted molar refractivity (Wildman–Crippen MR) is 100 cm³/mol. The zero-order valence-corrected chi connectivity index (χ0v) is 16.2. The Bertz CT molecular complexity index is 652. The van der Waals surface area contributed by atoms with Crippen molar-refractivity contribution in [2.45, 2.75) is 31.5 Å². The second-order valence-electron chi connectivity index (χ2n) is 6.09. The molecule has 0 aromatic heterocycles. The molecule has 6 heteroatoms. The number of hydrogen-bond acceptors (Lipinski definition) is 4. The quantitative estimate of drug-likeness (QED) is 0.528. The average Bonchev–Trinajstić information content (AvgIpc) is 3.04. The number of anilines is 1. The molecule has 0 unspecified atom stereocenters. The molecule has 130 valence electrons. The third kappa shape index (κ3) is 3.60. The Hall–Kier alpha value is -1.12. The number of rotatable bonds is 4. The lowest BCUT2D eigenvalue weighted by molar-refractivity contribution is -0.161. The summed E-state index contributed by atoms with van der Waals surface area (Å²) in [4.78, 5) is 14.4. The molecule has 2 aliphatic rings. The number of halogens is 1. The molecular weight excluding hydrogens is 421 g/mol. The third-order valence-electron chi connectivity index (χ3n) is 4.60. The number of ether oxygens (including phenoxy) is 3. The van der Waals surface area contributed by atoms with Crippen molar-refractivity contribution in [3.05, 3.63) is 33.4 Å². The van der Waals surface area contributed by atoms with Gasteiger partial charge in [-0.15, -0.1) is 0 Å². The van der Waals surface area contributed by atoms with Crippen LogP contribution in [0.5, 0.6) is 5.75 Å². The number of carbonyl (C=O) groups is 1.